The topological polar surface area (TPSA) is 93.5 Å². The normalized spacial score (nSPS) is 10.7. The maximum atomic E-state index is 11.3. The standard InChI is InChI=1S/C13H10N4O2/c14-12(19)9-7-15-17-11(18)6-10(16-13(9)17)8-4-2-1-3-5-8/h1-7,18H,(H2,14,19). The second-order valence-electron chi connectivity index (χ2n) is 4.02. The first-order valence-electron chi connectivity index (χ1n) is 5.60. The fourth-order valence-corrected chi connectivity index (χ4v) is 1.88. The average Bonchev–Trinajstić information content (AvgIpc) is 2.84. The summed E-state index contributed by atoms with van der Waals surface area (Å²) in [4.78, 5) is 15.6. The van der Waals surface area contributed by atoms with Crippen molar-refractivity contribution in [2.75, 3.05) is 0 Å². The molecular weight excluding hydrogens is 244 g/mol. The number of aromatic hydroxyl groups is 1. The van der Waals surface area contributed by atoms with Gasteiger partial charge < -0.3 is 10.8 Å². The van der Waals surface area contributed by atoms with E-state index in [2.05, 4.69) is 10.1 Å². The molecule has 3 N–H and O–H groups in total. The van der Waals surface area contributed by atoms with Gasteiger partial charge >= 0.3 is 0 Å². The number of carbonyl (C=O) groups excluding carboxylic acids is 1. The summed E-state index contributed by atoms with van der Waals surface area (Å²) in [7, 11) is 0. The minimum absolute atomic E-state index is 0.101. The van der Waals surface area contributed by atoms with E-state index in [1.54, 1.807) is 0 Å². The van der Waals surface area contributed by atoms with Gasteiger partial charge in [0.25, 0.3) is 5.91 Å². The van der Waals surface area contributed by atoms with Crippen LogP contribution in [0.25, 0.3) is 16.9 Å². The first-order valence-corrected chi connectivity index (χ1v) is 5.60. The lowest BCUT2D eigenvalue weighted by molar-refractivity contribution is 0.100. The van der Waals surface area contributed by atoms with Gasteiger partial charge in [0.2, 0.25) is 5.88 Å². The zero-order valence-electron chi connectivity index (χ0n) is 9.82. The third-order valence-electron chi connectivity index (χ3n) is 2.79. The largest absolute Gasteiger partial charge is 0.493 e. The number of hydrogen-bond donors (Lipinski definition) is 2. The monoisotopic (exact) mass is 254 g/mol. The molecule has 6 nitrogen and oxygen atoms in total. The zero-order chi connectivity index (χ0) is 13.4. The van der Waals surface area contributed by atoms with E-state index in [0.29, 0.717) is 5.69 Å². The summed E-state index contributed by atoms with van der Waals surface area (Å²) >= 11 is 0. The lowest BCUT2D eigenvalue weighted by atomic mass is 10.1. The molecule has 0 aliphatic carbocycles. The van der Waals surface area contributed by atoms with Crippen LogP contribution in [-0.2, 0) is 0 Å². The predicted octanol–water partition coefficient (Wildman–Crippen LogP) is 1.20. The molecule has 0 unspecified atom stereocenters. The first-order chi connectivity index (χ1) is 9.16. The van der Waals surface area contributed by atoms with E-state index in [1.807, 2.05) is 30.3 Å². The highest BCUT2D eigenvalue weighted by Crippen LogP contribution is 2.23. The predicted molar refractivity (Wildman–Crippen MR) is 68.6 cm³/mol. The van der Waals surface area contributed by atoms with E-state index in [1.165, 1.54) is 16.8 Å². The zero-order valence-corrected chi connectivity index (χ0v) is 9.82. The SMILES string of the molecule is NC(=O)c1cnn2c(O)cc(-c3ccccc3)nc12. The van der Waals surface area contributed by atoms with Gasteiger partial charge in [-0.25, -0.2) is 4.98 Å². The molecule has 0 saturated heterocycles. The van der Waals surface area contributed by atoms with Crippen LogP contribution in [0.3, 0.4) is 0 Å². The summed E-state index contributed by atoms with van der Waals surface area (Å²) < 4.78 is 1.17. The Morgan fingerprint density at radius 1 is 1.26 bits per heavy atom. The van der Waals surface area contributed by atoms with Crippen LogP contribution < -0.4 is 5.73 Å². The summed E-state index contributed by atoms with van der Waals surface area (Å²) in [5.41, 5.74) is 7.05. The molecule has 1 amide bonds. The first kappa shape index (κ1) is 11.2. The molecule has 3 aromatic rings. The van der Waals surface area contributed by atoms with Crippen LogP contribution in [0.2, 0.25) is 0 Å². The lowest BCUT2D eigenvalue weighted by Crippen LogP contribution is -2.11. The molecule has 1 aromatic carbocycles. The average molecular weight is 254 g/mol. The summed E-state index contributed by atoms with van der Waals surface area (Å²) in [5, 5.41) is 13.8. The van der Waals surface area contributed by atoms with Crippen molar-refractivity contribution in [3.05, 3.63) is 48.2 Å². The van der Waals surface area contributed by atoms with Crippen LogP contribution >= 0.6 is 0 Å². The van der Waals surface area contributed by atoms with E-state index in [-0.39, 0.29) is 17.1 Å². The minimum atomic E-state index is -0.632. The van der Waals surface area contributed by atoms with E-state index >= 15 is 0 Å². The molecule has 0 fully saturated rings. The third-order valence-corrected chi connectivity index (χ3v) is 2.79. The summed E-state index contributed by atoms with van der Waals surface area (Å²) in [6, 6.07) is 10.8. The van der Waals surface area contributed by atoms with Crippen molar-refractivity contribution in [3.8, 4) is 17.1 Å². The van der Waals surface area contributed by atoms with Gasteiger partial charge in [0.15, 0.2) is 5.65 Å². The van der Waals surface area contributed by atoms with Crippen molar-refractivity contribution >= 4 is 11.6 Å². The van der Waals surface area contributed by atoms with E-state index in [4.69, 9.17) is 5.73 Å². The molecule has 6 heteroatoms. The number of fused-ring (bicyclic) bond motifs is 1. The number of aromatic nitrogens is 3. The van der Waals surface area contributed by atoms with Crippen molar-refractivity contribution in [1.82, 2.24) is 14.6 Å². The Kier molecular flexibility index (Phi) is 2.42. The smallest absolute Gasteiger partial charge is 0.254 e. The van der Waals surface area contributed by atoms with Crippen molar-refractivity contribution in [3.63, 3.8) is 0 Å². The quantitative estimate of drug-likeness (QED) is 0.718. The number of benzene rings is 1. The van der Waals surface area contributed by atoms with Gasteiger partial charge in [-0.15, -0.1) is 0 Å². The maximum Gasteiger partial charge on any atom is 0.254 e. The van der Waals surface area contributed by atoms with Gasteiger partial charge in [-0.05, 0) is 0 Å². The molecule has 2 aromatic heterocycles. The highest BCUT2D eigenvalue weighted by Gasteiger charge is 2.15. The summed E-state index contributed by atoms with van der Waals surface area (Å²) in [6.45, 7) is 0. The minimum Gasteiger partial charge on any atom is -0.493 e. The number of hydrogen-bond acceptors (Lipinski definition) is 4. The summed E-state index contributed by atoms with van der Waals surface area (Å²) in [5.74, 6) is -0.733. The Morgan fingerprint density at radius 3 is 2.68 bits per heavy atom. The number of nitrogens with two attached hydrogens (primary N) is 1. The second-order valence-corrected chi connectivity index (χ2v) is 4.02. The Hall–Kier alpha value is -2.89. The molecule has 0 aliphatic heterocycles. The van der Waals surface area contributed by atoms with Crippen LogP contribution in [0.15, 0.2) is 42.6 Å². The van der Waals surface area contributed by atoms with Crippen LogP contribution in [0.5, 0.6) is 5.88 Å². The molecule has 0 aliphatic rings. The van der Waals surface area contributed by atoms with Crippen LogP contribution in [0, 0.1) is 0 Å². The van der Waals surface area contributed by atoms with Gasteiger partial charge in [0, 0.05) is 11.6 Å². The second kappa shape index (κ2) is 4.09. The van der Waals surface area contributed by atoms with Crippen molar-refractivity contribution in [2.24, 2.45) is 5.73 Å². The van der Waals surface area contributed by atoms with Gasteiger partial charge in [-0.2, -0.15) is 9.61 Å². The molecule has 19 heavy (non-hydrogen) atoms. The van der Waals surface area contributed by atoms with Gasteiger partial charge in [-0.1, -0.05) is 30.3 Å². The molecule has 0 spiro atoms. The van der Waals surface area contributed by atoms with Crippen molar-refractivity contribution in [2.45, 2.75) is 0 Å². The van der Waals surface area contributed by atoms with E-state index < -0.39 is 5.91 Å². The highest BCUT2D eigenvalue weighted by molar-refractivity contribution is 5.98. The van der Waals surface area contributed by atoms with Gasteiger partial charge in [0.1, 0.15) is 5.56 Å². The number of nitrogens with zero attached hydrogens (tertiary/aromatic N) is 3. The number of amides is 1. The fourth-order valence-electron chi connectivity index (χ4n) is 1.88. The van der Waals surface area contributed by atoms with Crippen molar-refractivity contribution < 1.29 is 9.90 Å². The highest BCUT2D eigenvalue weighted by atomic mass is 16.3. The molecule has 2 heterocycles. The number of carbonyl (C=O) groups is 1. The lowest BCUT2D eigenvalue weighted by Gasteiger charge is -2.04. The molecule has 3 rings (SSSR count). The maximum absolute atomic E-state index is 11.3. The van der Waals surface area contributed by atoms with Gasteiger partial charge in [0.05, 0.1) is 11.9 Å². The molecule has 0 saturated carbocycles. The number of rotatable bonds is 2. The molecule has 0 atom stereocenters. The molecule has 0 bridgehead atoms. The molecular formula is C13H10N4O2. The van der Waals surface area contributed by atoms with Crippen LogP contribution in [0.1, 0.15) is 10.4 Å². The van der Waals surface area contributed by atoms with Gasteiger partial charge in [-0.3, -0.25) is 4.79 Å². The Balaban J connectivity index is 2.28. The molecule has 94 valence electrons. The fraction of sp³-hybridized carbons (Fsp3) is 0. The number of primary amides is 1. The van der Waals surface area contributed by atoms with Crippen molar-refractivity contribution in [1.29, 1.82) is 0 Å². The Bertz CT molecular complexity index is 765. The van der Waals surface area contributed by atoms with Crippen LogP contribution in [0.4, 0.5) is 0 Å². The summed E-state index contributed by atoms with van der Waals surface area (Å²) in [6.07, 6.45) is 1.29. The van der Waals surface area contributed by atoms with E-state index in [0.717, 1.165) is 5.56 Å². The van der Waals surface area contributed by atoms with Crippen LogP contribution in [-0.4, -0.2) is 25.6 Å². The molecule has 0 radical (unpaired) electrons. The van der Waals surface area contributed by atoms with E-state index in [9.17, 15) is 9.90 Å². The Morgan fingerprint density at radius 2 is 2.00 bits per heavy atom. The third kappa shape index (κ3) is 1.79. The Labute approximate surface area is 108 Å².